The van der Waals surface area contributed by atoms with Gasteiger partial charge in [0, 0.05) is 5.56 Å². The predicted octanol–water partition coefficient (Wildman–Crippen LogP) is 4.80. The second kappa shape index (κ2) is 8.96. The van der Waals surface area contributed by atoms with Crippen LogP contribution in [0.5, 0.6) is 0 Å². The van der Waals surface area contributed by atoms with Gasteiger partial charge in [0.25, 0.3) is 5.91 Å². The highest BCUT2D eigenvalue weighted by atomic mass is 16.2. The van der Waals surface area contributed by atoms with Crippen molar-refractivity contribution in [1.82, 2.24) is 4.90 Å². The average molecular weight is 364 g/mol. The Bertz CT molecular complexity index is 805. The van der Waals surface area contributed by atoms with Gasteiger partial charge < -0.3 is 0 Å². The zero-order valence-electron chi connectivity index (χ0n) is 16.6. The second-order valence-corrected chi connectivity index (χ2v) is 6.99. The number of nitrogens with zero attached hydrogens (tertiary/aromatic N) is 3. The summed E-state index contributed by atoms with van der Waals surface area (Å²) in [5, 5.41) is 0. The molecule has 0 aliphatic carbocycles. The van der Waals surface area contributed by atoms with E-state index in [0.29, 0.717) is 12.4 Å². The standard InChI is InChI=1S/C23H29N3O/c1-4-15-25(16-5-2)17-26-21-10-8-7-9-20(21)22(23(26)27)24-19-13-11-18(6-3)12-14-19/h7-14H,4-6,15-17H2,1-3H3. The van der Waals surface area contributed by atoms with Crippen molar-refractivity contribution in [2.75, 3.05) is 24.7 Å². The SMILES string of the molecule is CCCN(CCC)CN1C(=O)C(=Nc2ccc(CC)cc2)c2ccccc21. The number of anilines is 1. The minimum absolute atomic E-state index is 0.00651. The molecule has 0 atom stereocenters. The van der Waals surface area contributed by atoms with Crippen LogP contribution in [0.2, 0.25) is 0 Å². The molecule has 3 rings (SSSR count). The molecule has 1 aliphatic heterocycles. The molecule has 0 saturated heterocycles. The molecule has 0 bridgehead atoms. The van der Waals surface area contributed by atoms with Crippen molar-refractivity contribution >= 4 is 23.0 Å². The third kappa shape index (κ3) is 4.28. The minimum atomic E-state index is -0.00651. The molecule has 1 aliphatic rings. The predicted molar refractivity (Wildman–Crippen MR) is 113 cm³/mol. The fourth-order valence-corrected chi connectivity index (χ4v) is 3.53. The molecule has 27 heavy (non-hydrogen) atoms. The van der Waals surface area contributed by atoms with E-state index in [1.54, 1.807) is 0 Å². The quantitative estimate of drug-likeness (QED) is 0.676. The van der Waals surface area contributed by atoms with Crippen LogP contribution in [0.3, 0.4) is 0 Å². The molecule has 1 amide bonds. The van der Waals surface area contributed by atoms with Gasteiger partial charge in [-0.25, -0.2) is 4.99 Å². The van der Waals surface area contributed by atoms with E-state index >= 15 is 0 Å². The van der Waals surface area contributed by atoms with Gasteiger partial charge in [-0.05, 0) is 56.1 Å². The molecule has 0 radical (unpaired) electrons. The Balaban J connectivity index is 1.92. The molecule has 0 aromatic heterocycles. The first-order chi connectivity index (χ1) is 13.2. The molecule has 0 spiro atoms. The first-order valence-corrected chi connectivity index (χ1v) is 9.99. The first kappa shape index (κ1) is 19.3. The second-order valence-electron chi connectivity index (χ2n) is 6.99. The number of benzene rings is 2. The summed E-state index contributed by atoms with van der Waals surface area (Å²) in [5.41, 5.74) is 4.53. The first-order valence-electron chi connectivity index (χ1n) is 9.99. The summed E-state index contributed by atoms with van der Waals surface area (Å²) in [7, 11) is 0. The van der Waals surface area contributed by atoms with E-state index in [-0.39, 0.29) is 5.91 Å². The van der Waals surface area contributed by atoms with Gasteiger partial charge in [0.05, 0.1) is 18.0 Å². The van der Waals surface area contributed by atoms with Crippen LogP contribution in [0.15, 0.2) is 53.5 Å². The van der Waals surface area contributed by atoms with E-state index in [9.17, 15) is 4.79 Å². The maximum absolute atomic E-state index is 13.2. The van der Waals surface area contributed by atoms with E-state index < -0.39 is 0 Å². The lowest BCUT2D eigenvalue weighted by Crippen LogP contribution is -2.41. The summed E-state index contributed by atoms with van der Waals surface area (Å²) >= 11 is 0. The van der Waals surface area contributed by atoms with Crippen LogP contribution in [-0.4, -0.2) is 36.3 Å². The number of para-hydroxylation sites is 1. The number of aryl methyl sites for hydroxylation is 1. The zero-order chi connectivity index (χ0) is 19.2. The van der Waals surface area contributed by atoms with Crippen molar-refractivity contribution in [2.24, 2.45) is 4.99 Å². The fraction of sp³-hybridized carbons (Fsp3) is 0.391. The highest BCUT2D eigenvalue weighted by Crippen LogP contribution is 2.31. The number of carbonyl (C=O) groups excluding carboxylic acids is 1. The van der Waals surface area contributed by atoms with E-state index in [1.165, 1.54) is 5.56 Å². The molecule has 2 aromatic carbocycles. The van der Waals surface area contributed by atoms with Gasteiger partial charge in [-0.15, -0.1) is 0 Å². The topological polar surface area (TPSA) is 35.9 Å². The van der Waals surface area contributed by atoms with Crippen molar-refractivity contribution < 1.29 is 4.79 Å². The van der Waals surface area contributed by atoms with Crippen LogP contribution in [-0.2, 0) is 11.2 Å². The zero-order valence-corrected chi connectivity index (χ0v) is 16.6. The average Bonchev–Trinajstić information content (AvgIpc) is 2.95. The van der Waals surface area contributed by atoms with Gasteiger partial charge in [-0.1, -0.05) is 51.1 Å². The summed E-state index contributed by atoms with van der Waals surface area (Å²) in [6.45, 7) is 9.08. The maximum atomic E-state index is 13.2. The summed E-state index contributed by atoms with van der Waals surface area (Å²) < 4.78 is 0. The monoisotopic (exact) mass is 363 g/mol. The molecule has 0 saturated carbocycles. The Hall–Kier alpha value is -2.46. The number of aliphatic imine (C=N–C) groups is 1. The molecule has 4 nitrogen and oxygen atoms in total. The normalized spacial score (nSPS) is 15.0. The Morgan fingerprint density at radius 1 is 0.926 bits per heavy atom. The van der Waals surface area contributed by atoms with Crippen LogP contribution in [0, 0.1) is 0 Å². The number of amides is 1. The molecular formula is C23H29N3O. The smallest absolute Gasteiger partial charge is 0.278 e. The van der Waals surface area contributed by atoms with E-state index in [2.05, 4.69) is 37.8 Å². The number of carbonyl (C=O) groups is 1. The number of hydrogen-bond donors (Lipinski definition) is 0. The highest BCUT2D eigenvalue weighted by molar-refractivity contribution is 6.54. The van der Waals surface area contributed by atoms with Crippen molar-refractivity contribution in [2.45, 2.75) is 40.0 Å². The van der Waals surface area contributed by atoms with Crippen LogP contribution >= 0.6 is 0 Å². The van der Waals surface area contributed by atoms with Crippen molar-refractivity contribution in [3.05, 3.63) is 59.7 Å². The van der Waals surface area contributed by atoms with Crippen molar-refractivity contribution in [1.29, 1.82) is 0 Å². The van der Waals surface area contributed by atoms with Gasteiger partial charge >= 0.3 is 0 Å². The van der Waals surface area contributed by atoms with Crippen molar-refractivity contribution in [3.63, 3.8) is 0 Å². The molecule has 4 heteroatoms. The Labute approximate surface area is 162 Å². The Morgan fingerprint density at radius 3 is 2.22 bits per heavy atom. The van der Waals surface area contributed by atoms with Gasteiger partial charge in [0.2, 0.25) is 0 Å². The molecule has 2 aromatic rings. The third-order valence-corrected chi connectivity index (χ3v) is 4.90. The van der Waals surface area contributed by atoms with Gasteiger partial charge in [-0.2, -0.15) is 0 Å². The van der Waals surface area contributed by atoms with E-state index in [0.717, 1.165) is 49.3 Å². The molecule has 0 unspecified atom stereocenters. The maximum Gasteiger partial charge on any atom is 0.278 e. The Morgan fingerprint density at radius 2 is 1.59 bits per heavy atom. The van der Waals surface area contributed by atoms with Crippen LogP contribution in [0.25, 0.3) is 0 Å². The summed E-state index contributed by atoms with van der Waals surface area (Å²) in [4.78, 5) is 22.1. The van der Waals surface area contributed by atoms with Crippen LogP contribution in [0.4, 0.5) is 11.4 Å². The fourth-order valence-electron chi connectivity index (χ4n) is 3.53. The van der Waals surface area contributed by atoms with Gasteiger partial charge in [0.15, 0.2) is 0 Å². The van der Waals surface area contributed by atoms with E-state index in [4.69, 9.17) is 4.99 Å². The van der Waals surface area contributed by atoms with E-state index in [1.807, 2.05) is 41.3 Å². The number of rotatable bonds is 8. The lowest BCUT2D eigenvalue weighted by atomic mass is 10.1. The summed E-state index contributed by atoms with van der Waals surface area (Å²) in [5.74, 6) is -0.00651. The Kier molecular flexibility index (Phi) is 6.40. The van der Waals surface area contributed by atoms with Crippen molar-refractivity contribution in [3.8, 4) is 0 Å². The number of hydrogen-bond acceptors (Lipinski definition) is 3. The van der Waals surface area contributed by atoms with Crippen LogP contribution < -0.4 is 4.90 Å². The largest absolute Gasteiger partial charge is 0.293 e. The minimum Gasteiger partial charge on any atom is -0.293 e. The van der Waals surface area contributed by atoms with Crippen LogP contribution in [0.1, 0.15) is 44.7 Å². The molecule has 1 heterocycles. The summed E-state index contributed by atoms with van der Waals surface area (Å²) in [6, 6.07) is 16.1. The van der Waals surface area contributed by atoms with Gasteiger partial charge in [0.1, 0.15) is 5.71 Å². The molecule has 142 valence electrons. The third-order valence-electron chi connectivity index (χ3n) is 4.90. The molecule has 0 fully saturated rings. The molecule has 0 N–H and O–H groups in total. The lowest BCUT2D eigenvalue weighted by Gasteiger charge is -2.27. The molecular weight excluding hydrogens is 334 g/mol. The lowest BCUT2D eigenvalue weighted by molar-refractivity contribution is -0.112. The summed E-state index contributed by atoms with van der Waals surface area (Å²) in [6.07, 6.45) is 3.15. The van der Waals surface area contributed by atoms with Gasteiger partial charge in [-0.3, -0.25) is 14.6 Å². The number of fused-ring (bicyclic) bond motifs is 1. The highest BCUT2D eigenvalue weighted by Gasteiger charge is 2.34.